The Hall–Kier alpha value is -1.50. The molecule has 0 rings (SSSR count). The lowest BCUT2D eigenvalue weighted by molar-refractivity contribution is -0.121. The minimum Gasteiger partial charge on any atom is -0.378 e. The lowest BCUT2D eigenvalue weighted by Crippen LogP contribution is -2.39. The molecule has 2 unspecified atom stereocenters. The summed E-state index contributed by atoms with van der Waals surface area (Å²) in [4.78, 5) is 24.0. The Morgan fingerprint density at radius 1 is 0.488 bits per heavy atom. The summed E-state index contributed by atoms with van der Waals surface area (Å²) >= 11 is 0. The molecule has 0 aromatic rings. The molecule has 0 spiro atoms. The van der Waals surface area contributed by atoms with E-state index < -0.39 is 0 Å². The second-order valence-corrected chi connectivity index (χ2v) is 10.5. The standard InChI is InChI=1S/C28H66N12O3/c1-25(37-7-3-27(41)39-21-19-35-17-15-33-13-11-31-9-5-29)23-43-24-26(2)38-8-4-28(42)40-22-20-36-18-16-34-14-12-32-10-6-30/h25-26,31-38H,3-24,29-30H2,1-2H3,(H,39,41)(H,40,42). The summed E-state index contributed by atoms with van der Waals surface area (Å²) in [6, 6.07) is 0.293. The van der Waals surface area contributed by atoms with Gasteiger partial charge in [0.2, 0.25) is 11.8 Å². The maximum absolute atomic E-state index is 12.0. The van der Waals surface area contributed by atoms with Gasteiger partial charge in [-0.3, -0.25) is 9.59 Å². The number of ether oxygens (including phenoxy) is 1. The van der Waals surface area contributed by atoms with Crippen LogP contribution in [0.3, 0.4) is 0 Å². The highest BCUT2D eigenvalue weighted by Crippen LogP contribution is 1.90. The molecule has 0 aliphatic heterocycles. The van der Waals surface area contributed by atoms with Gasteiger partial charge in [-0.05, 0) is 13.8 Å². The van der Waals surface area contributed by atoms with Crippen LogP contribution in [0.4, 0.5) is 0 Å². The molecule has 0 saturated heterocycles. The predicted octanol–water partition coefficient (Wildman–Crippen LogP) is -4.57. The van der Waals surface area contributed by atoms with E-state index in [9.17, 15) is 9.59 Å². The lowest BCUT2D eigenvalue weighted by atomic mass is 10.3. The molecule has 0 heterocycles. The molecular formula is C28H66N12O3. The molecule has 0 aliphatic rings. The summed E-state index contributed by atoms with van der Waals surface area (Å²) < 4.78 is 5.79. The summed E-state index contributed by atoms with van der Waals surface area (Å²) in [6.07, 6.45) is 0.867. The van der Waals surface area contributed by atoms with E-state index in [0.29, 0.717) is 65.3 Å². The van der Waals surface area contributed by atoms with Gasteiger partial charge in [0, 0.05) is 143 Å². The molecule has 43 heavy (non-hydrogen) atoms. The van der Waals surface area contributed by atoms with Crippen LogP contribution in [-0.2, 0) is 14.3 Å². The molecule has 2 amide bonds. The lowest BCUT2D eigenvalue weighted by Gasteiger charge is -2.17. The monoisotopic (exact) mass is 619 g/mol. The molecule has 0 radical (unpaired) electrons. The molecule has 0 fully saturated rings. The van der Waals surface area contributed by atoms with Crippen molar-refractivity contribution in [3.63, 3.8) is 0 Å². The SMILES string of the molecule is CC(COCC(C)NCCC(=O)NCCNCCNCCNCCN)NCCC(=O)NCCNCCNCCNCCN. The third-order valence-electron chi connectivity index (χ3n) is 6.23. The summed E-state index contributed by atoms with van der Waals surface area (Å²) in [6.45, 7) is 19.3. The highest BCUT2D eigenvalue weighted by atomic mass is 16.5. The first-order valence-corrected chi connectivity index (χ1v) is 16.2. The van der Waals surface area contributed by atoms with Gasteiger partial charge < -0.3 is 69.4 Å². The van der Waals surface area contributed by atoms with Gasteiger partial charge in [-0.25, -0.2) is 0 Å². The number of nitrogens with two attached hydrogens (primary N) is 2. The van der Waals surface area contributed by atoms with Gasteiger partial charge >= 0.3 is 0 Å². The van der Waals surface area contributed by atoms with E-state index in [4.69, 9.17) is 16.2 Å². The Balaban J connectivity index is 3.47. The average molecular weight is 619 g/mol. The topological polar surface area (TPSA) is 216 Å². The largest absolute Gasteiger partial charge is 0.378 e. The number of nitrogens with one attached hydrogen (secondary N) is 10. The van der Waals surface area contributed by atoms with E-state index in [1.807, 2.05) is 13.8 Å². The summed E-state index contributed by atoms with van der Waals surface area (Å²) in [5, 5.41) is 32.3. The van der Waals surface area contributed by atoms with Crippen LogP contribution in [-0.4, -0.2) is 155 Å². The number of carbonyl (C=O) groups excluding carboxylic acids is 2. The van der Waals surface area contributed by atoms with Crippen molar-refractivity contribution < 1.29 is 14.3 Å². The third kappa shape index (κ3) is 33.2. The van der Waals surface area contributed by atoms with Gasteiger partial charge in [-0.1, -0.05) is 0 Å². The van der Waals surface area contributed by atoms with Gasteiger partial charge in [0.1, 0.15) is 0 Å². The first kappa shape index (κ1) is 41.5. The summed E-state index contributed by atoms with van der Waals surface area (Å²) in [5.41, 5.74) is 10.9. The van der Waals surface area contributed by atoms with Gasteiger partial charge in [0.15, 0.2) is 0 Å². The van der Waals surface area contributed by atoms with Gasteiger partial charge in [0.25, 0.3) is 0 Å². The Kier molecular flexibility index (Phi) is 32.2. The minimum atomic E-state index is 0.0419. The molecule has 0 aromatic heterocycles. The quantitative estimate of drug-likeness (QED) is 0.0306. The van der Waals surface area contributed by atoms with E-state index >= 15 is 0 Å². The molecule has 0 aromatic carbocycles. The van der Waals surface area contributed by atoms with E-state index in [0.717, 1.165) is 78.5 Å². The number of carbonyl (C=O) groups is 2. The van der Waals surface area contributed by atoms with Gasteiger partial charge in [0.05, 0.1) is 13.2 Å². The highest BCUT2D eigenvalue weighted by Gasteiger charge is 2.07. The van der Waals surface area contributed by atoms with E-state index in [1.165, 1.54) is 0 Å². The van der Waals surface area contributed by atoms with Crippen molar-refractivity contribution >= 4 is 11.8 Å². The van der Waals surface area contributed by atoms with Crippen molar-refractivity contribution in [3.05, 3.63) is 0 Å². The van der Waals surface area contributed by atoms with Crippen molar-refractivity contribution in [2.24, 2.45) is 11.5 Å². The van der Waals surface area contributed by atoms with Crippen LogP contribution in [0, 0.1) is 0 Å². The molecular weight excluding hydrogens is 552 g/mol. The average Bonchev–Trinajstić information content (AvgIpc) is 2.98. The number of rotatable bonds is 34. The molecule has 2 atom stereocenters. The first-order valence-electron chi connectivity index (χ1n) is 16.2. The van der Waals surface area contributed by atoms with Crippen LogP contribution >= 0.6 is 0 Å². The van der Waals surface area contributed by atoms with Crippen molar-refractivity contribution in [3.8, 4) is 0 Å². The van der Waals surface area contributed by atoms with Crippen molar-refractivity contribution in [1.82, 2.24) is 53.2 Å². The van der Waals surface area contributed by atoms with Crippen LogP contribution in [0.1, 0.15) is 26.7 Å². The molecule has 0 aliphatic carbocycles. The third-order valence-corrected chi connectivity index (χ3v) is 6.23. The fraction of sp³-hybridized carbons (Fsp3) is 0.929. The molecule has 15 heteroatoms. The van der Waals surface area contributed by atoms with Gasteiger partial charge in [-0.15, -0.1) is 0 Å². The number of amides is 2. The smallest absolute Gasteiger partial charge is 0.221 e. The Labute approximate surface area is 260 Å². The van der Waals surface area contributed by atoms with Crippen molar-refractivity contribution in [2.75, 3.05) is 131 Å². The summed E-state index contributed by atoms with van der Waals surface area (Å²) in [7, 11) is 0. The maximum atomic E-state index is 12.0. The van der Waals surface area contributed by atoms with Crippen LogP contribution in [0.15, 0.2) is 0 Å². The Morgan fingerprint density at radius 3 is 1.12 bits per heavy atom. The van der Waals surface area contributed by atoms with E-state index in [-0.39, 0.29) is 23.9 Å². The molecule has 15 nitrogen and oxygen atoms in total. The zero-order valence-corrected chi connectivity index (χ0v) is 27.1. The second-order valence-electron chi connectivity index (χ2n) is 10.5. The van der Waals surface area contributed by atoms with Crippen molar-refractivity contribution in [1.29, 1.82) is 0 Å². The maximum Gasteiger partial charge on any atom is 0.221 e. The van der Waals surface area contributed by atoms with Crippen LogP contribution in [0.2, 0.25) is 0 Å². The van der Waals surface area contributed by atoms with Crippen molar-refractivity contribution in [2.45, 2.75) is 38.8 Å². The molecule has 0 saturated carbocycles. The molecule has 0 bridgehead atoms. The fourth-order valence-electron chi connectivity index (χ4n) is 3.82. The molecule has 256 valence electrons. The summed E-state index contributed by atoms with van der Waals surface area (Å²) in [5.74, 6) is 0.0837. The van der Waals surface area contributed by atoms with Crippen LogP contribution < -0.4 is 64.6 Å². The first-order chi connectivity index (χ1) is 21.0. The van der Waals surface area contributed by atoms with Gasteiger partial charge in [-0.2, -0.15) is 0 Å². The van der Waals surface area contributed by atoms with E-state index in [2.05, 4.69) is 53.2 Å². The Morgan fingerprint density at radius 2 is 0.791 bits per heavy atom. The Bertz CT molecular complexity index is 572. The number of hydrogen-bond acceptors (Lipinski definition) is 13. The van der Waals surface area contributed by atoms with Crippen LogP contribution in [0.25, 0.3) is 0 Å². The normalized spacial score (nSPS) is 12.7. The molecule has 14 N–H and O–H groups in total. The zero-order chi connectivity index (χ0) is 31.6. The predicted molar refractivity (Wildman–Crippen MR) is 176 cm³/mol. The zero-order valence-electron chi connectivity index (χ0n) is 27.1. The number of hydrogen-bond donors (Lipinski definition) is 12. The minimum absolute atomic E-state index is 0.0419. The fourth-order valence-corrected chi connectivity index (χ4v) is 3.82. The van der Waals surface area contributed by atoms with E-state index in [1.54, 1.807) is 0 Å². The van der Waals surface area contributed by atoms with Crippen LogP contribution in [0.5, 0.6) is 0 Å². The second kappa shape index (κ2) is 33.4. The highest BCUT2D eigenvalue weighted by molar-refractivity contribution is 5.76.